The molecular weight excluding hydrogens is 260 g/mol. The fraction of sp³-hybridized carbons (Fsp3) is 0.714. The molecule has 1 aliphatic heterocycles. The Morgan fingerprint density at radius 1 is 1.47 bits per heavy atom. The first kappa shape index (κ1) is 14.8. The molecule has 108 valence electrons. The zero-order valence-electron chi connectivity index (χ0n) is 12.3. The molecule has 0 saturated carbocycles. The molecular formula is C14H24N2O2S. The zero-order valence-corrected chi connectivity index (χ0v) is 13.1. The molecule has 2 atom stereocenters. The van der Waals surface area contributed by atoms with Gasteiger partial charge in [0.15, 0.2) is 0 Å². The van der Waals surface area contributed by atoms with Crippen molar-refractivity contribution in [1.82, 2.24) is 5.43 Å². The molecule has 1 fully saturated rings. The van der Waals surface area contributed by atoms with Gasteiger partial charge in [0.25, 0.3) is 0 Å². The maximum atomic E-state index is 6.16. The molecule has 0 bridgehead atoms. The Morgan fingerprint density at radius 2 is 2.16 bits per heavy atom. The zero-order chi connectivity index (χ0) is 14.3. The lowest BCUT2D eigenvalue weighted by Gasteiger charge is -2.32. The summed E-state index contributed by atoms with van der Waals surface area (Å²) in [5.41, 5.74) is 2.66. The van der Waals surface area contributed by atoms with Crippen molar-refractivity contribution < 1.29 is 9.47 Å². The van der Waals surface area contributed by atoms with Gasteiger partial charge in [-0.15, -0.1) is 11.3 Å². The average molecular weight is 284 g/mol. The number of thiophene rings is 1. The highest BCUT2D eigenvalue weighted by Gasteiger charge is 2.49. The van der Waals surface area contributed by atoms with Gasteiger partial charge in [-0.05, 0) is 40.2 Å². The van der Waals surface area contributed by atoms with Crippen LogP contribution in [0.4, 0.5) is 0 Å². The maximum absolute atomic E-state index is 6.16. The Hall–Kier alpha value is -0.620. The molecule has 1 aliphatic rings. The van der Waals surface area contributed by atoms with Gasteiger partial charge in [-0.25, -0.2) is 0 Å². The number of nitrogens with two attached hydrogens (primary N) is 1. The van der Waals surface area contributed by atoms with E-state index in [4.69, 9.17) is 15.3 Å². The molecule has 0 radical (unpaired) electrons. The lowest BCUT2D eigenvalue weighted by Crippen LogP contribution is -2.40. The van der Waals surface area contributed by atoms with Crippen molar-refractivity contribution in [3.63, 3.8) is 0 Å². The highest BCUT2D eigenvalue weighted by molar-refractivity contribution is 7.10. The van der Waals surface area contributed by atoms with Crippen LogP contribution in [0.1, 0.15) is 45.0 Å². The SMILES string of the molecule is COc1csc(C(NN)C2CC(C)(C)OC2(C)C)c1. The Labute approximate surface area is 119 Å². The molecule has 2 heterocycles. The molecule has 3 N–H and O–H groups in total. The van der Waals surface area contributed by atoms with Gasteiger partial charge in [0.05, 0.1) is 24.4 Å². The molecule has 5 heteroatoms. The molecule has 2 unspecified atom stereocenters. The van der Waals surface area contributed by atoms with Crippen LogP contribution >= 0.6 is 11.3 Å². The normalized spacial score (nSPS) is 26.3. The van der Waals surface area contributed by atoms with Gasteiger partial charge in [0.2, 0.25) is 0 Å². The van der Waals surface area contributed by atoms with Crippen molar-refractivity contribution in [2.45, 2.75) is 51.4 Å². The van der Waals surface area contributed by atoms with Crippen LogP contribution in [0.15, 0.2) is 11.4 Å². The first-order valence-electron chi connectivity index (χ1n) is 6.58. The van der Waals surface area contributed by atoms with Gasteiger partial charge in [0.1, 0.15) is 5.75 Å². The van der Waals surface area contributed by atoms with E-state index in [0.717, 1.165) is 12.2 Å². The van der Waals surface area contributed by atoms with Crippen molar-refractivity contribution in [2.24, 2.45) is 11.8 Å². The van der Waals surface area contributed by atoms with Crippen LogP contribution in [0.25, 0.3) is 0 Å². The number of hydrazine groups is 1. The molecule has 0 aromatic carbocycles. The Kier molecular flexibility index (Phi) is 3.93. The van der Waals surface area contributed by atoms with Gasteiger partial charge in [-0.2, -0.15) is 0 Å². The van der Waals surface area contributed by atoms with Crippen LogP contribution in [0, 0.1) is 5.92 Å². The van der Waals surface area contributed by atoms with Crippen molar-refractivity contribution >= 4 is 11.3 Å². The highest BCUT2D eigenvalue weighted by atomic mass is 32.1. The molecule has 19 heavy (non-hydrogen) atoms. The first-order chi connectivity index (χ1) is 8.79. The summed E-state index contributed by atoms with van der Waals surface area (Å²) in [5.74, 6) is 7.02. The minimum absolute atomic E-state index is 0.0886. The minimum atomic E-state index is -0.197. The van der Waals surface area contributed by atoms with Crippen molar-refractivity contribution in [1.29, 1.82) is 0 Å². The molecule has 0 amide bonds. The summed E-state index contributed by atoms with van der Waals surface area (Å²) < 4.78 is 11.4. The molecule has 1 aromatic rings. The summed E-state index contributed by atoms with van der Waals surface area (Å²) in [6.07, 6.45) is 0.981. The summed E-state index contributed by atoms with van der Waals surface area (Å²) in [4.78, 5) is 1.19. The third kappa shape index (κ3) is 2.94. The summed E-state index contributed by atoms with van der Waals surface area (Å²) in [6.45, 7) is 8.55. The molecule has 0 aliphatic carbocycles. The number of nitrogens with one attached hydrogen (secondary N) is 1. The largest absolute Gasteiger partial charge is 0.496 e. The van der Waals surface area contributed by atoms with Gasteiger partial charge >= 0.3 is 0 Å². The molecule has 1 saturated heterocycles. The predicted octanol–water partition coefficient (Wildman–Crippen LogP) is 2.85. The molecule has 4 nitrogen and oxygen atoms in total. The second kappa shape index (κ2) is 5.05. The standard InChI is InChI=1S/C14H24N2O2S/c1-13(2)7-10(14(3,4)18-13)12(16-15)11-6-9(17-5)8-19-11/h6,8,10,12,16H,7,15H2,1-5H3. The van der Waals surface area contributed by atoms with E-state index < -0.39 is 0 Å². The number of ether oxygens (including phenoxy) is 2. The lowest BCUT2D eigenvalue weighted by molar-refractivity contribution is -0.0777. The van der Waals surface area contributed by atoms with E-state index >= 15 is 0 Å². The van der Waals surface area contributed by atoms with Gasteiger partial charge in [-0.1, -0.05) is 0 Å². The van der Waals surface area contributed by atoms with E-state index in [1.165, 1.54) is 4.88 Å². The van der Waals surface area contributed by atoms with Crippen molar-refractivity contribution in [3.05, 3.63) is 16.3 Å². The average Bonchev–Trinajstić information content (AvgIpc) is 2.83. The number of methoxy groups -OCH3 is 1. The van der Waals surface area contributed by atoms with Crippen LogP contribution in [-0.2, 0) is 4.74 Å². The van der Waals surface area contributed by atoms with E-state index in [1.54, 1.807) is 18.4 Å². The van der Waals surface area contributed by atoms with Crippen LogP contribution in [0.2, 0.25) is 0 Å². The fourth-order valence-electron chi connectivity index (χ4n) is 3.13. The Morgan fingerprint density at radius 3 is 2.58 bits per heavy atom. The molecule has 0 spiro atoms. The van der Waals surface area contributed by atoms with Gasteiger partial charge in [0, 0.05) is 16.2 Å². The lowest BCUT2D eigenvalue weighted by atomic mass is 9.81. The summed E-state index contributed by atoms with van der Waals surface area (Å²) >= 11 is 1.67. The van der Waals surface area contributed by atoms with E-state index in [0.29, 0.717) is 5.92 Å². The smallest absolute Gasteiger partial charge is 0.129 e. The second-order valence-electron chi connectivity index (χ2n) is 6.31. The van der Waals surface area contributed by atoms with Crippen LogP contribution < -0.4 is 16.0 Å². The number of rotatable bonds is 4. The summed E-state index contributed by atoms with van der Waals surface area (Å²) in [7, 11) is 1.68. The minimum Gasteiger partial charge on any atom is -0.496 e. The molecule has 2 rings (SSSR count). The van der Waals surface area contributed by atoms with Gasteiger partial charge in [-0.3, -0.25) is 11.3 Å². The molecule has 1 aromatic heterocycles. The Bertz CT molecular complexity index is 442. The van der Waals surface area contributed by atoms with Crippen LogP contribution in [0.3, 0.4) is 0 Å². The van der Waals surface area contributed by atoms with Crippen molar-refractivity contribution in [3.8, 4) is 5.75 Å². The van der Waals surface area contributed by atoms with E-state index in [1.807, 2.05) is 5.38 Å². The van der Waals surface area contributed by atoms with Crippen LogP contribution in [-0.4, -0.2) is 18.3 Å². The predicted molar refractivity (Wildman–Crippen MR) is 78.3 cm³/mol. The monoisotopic (exact) mass is 284 g/mol. The fourth-order valence-corrected chi connectivity index (χ4v) is 4.10. The number of hydrogen-bond donors (Lipinski definition) is 2. The van der Waals surface area contributed by atoms with E-state index in [-0.39, 0.29) is 17.2 Å². The van der Waals surface area contributed by atoms with Gasteiger partial charge < -0.3 is 9.47 Å². The summed E-state index contributed by atoms with van der Waals surface area (Å²) in [5, 5.41) is 2.01. The second-order valence-corrected chi connectivity index (χ2v) is 7.25. The third-order valence-corrected chi connectivity index (χ3v) is 4.86. The Balaban J connectivity index is 2.27. The van der Waals surface area contributed by atoms with E-state index in [9.17, 15) is 0 Å². The quantitative estimate of drug-likeness (QED) is 0.659. The highest BCUT2D eigenvalue weighted by Crippen LogP contribution is 2.48. The maximum Gasteiger partial charge on any atom is 0.129 e. The third-order valence-electron chi connectivity index (χ3n) is 3.86. The number of hydrogen-bond acceptors (Lipinski definition) is 5. The van der Waals surface area contributed by atoms with Crippen LogP contribution in [0.5, 0.6) is 5.75 Å². The van der Waals surface area contributed by atoms with Crippen molar-refractivity contribution in [2.75, 3.05) is 7.11 Å². The summed E-state index contributed by atoms with van der Waals surface area (Å²) in [6, 6.07) is 2.14. The first-order valence-corrected chi connectivity index (χ1v) is 7.46. The topological polar surface area (TPSA) is 56.5 Å². The van der Waals surface area contributed by atoms with E-state index in [2.05, 4.69) is 39.2 Å².